The SMILES string of the molecule is O=C1NC(=O)C(=Cc2cc3cncc(-c4ccc(O)c(F)c4)c3o2)S1. The summed E-state index contributed by atoms with van der Waals surface area (Å²) >= 11 is 0.791. The normalized spacial score (nSPS) is 16.0. The highest BCUT2D eigenvalue weighted by molar-refractivity contribution is 8.18. The summed E-state index contributed by atoms with van der Waals surface area (Å²) in [5.41, 5.74) is 1.49. The molecule has 3 heterocycles. The number of benzene rings is 1. The molecule has 4 rings (SSSR count). The van der Waals surface area contributed by atoms with Crippen LogP contribution in [0, 0.1) is 5.82 Å². The van der Waals surface area contributed by atoms with Crippen molar-refractivity contribution in [2.45, 2.75) is 0 Å². The second kappa shape index (κ2) is 5.75. The lowest BCUT2D eigenvalue weighted by atomic mass is 10.1. The number of carbonyl (C=O) groups is 2. The van der Waals surface area contributed by atoms with Gasteiger partial charge in [0.15, 0.2) is 11.6 Å². The first-order chi connectivity index (χ1) is 12.0. The molecule has 0 aliphatic carbocycles. The van der Waals surface area contributed by atoms with Crippen LogP contribution in [0.1, 0.15) is 5.76 Å². The lowest BCUT2D eigenvalue weighted by Gasteiger charge is -2.03. The number of amides is 2. The molecule has 0 spiro atoms. The molecule has 0 bridgehead atoms. The summed E-state index contributed by atoms with van der Waals surface area (Å²) < 4.78 is 19.4. The summed E-state index contributed by atoms with van der Waals surface area (Å²) in [6.45, 7) is 0. The van der Waals surface area contributed by atoms with Crippen LogP contribution in [0.5, 0.6) is 5.75 Å². The van der Waals surface area contributed by atoms with Gasteiger partial charge in [0.05, 0.1) is 4.91 Å². The highest BCUT2D eigenvalue weighted by atomic mass is 32.2. The minimum Gasteiger partial charge on any atom is -0.505 e. The number of pyridine rings is 1. The standard InChI is InChI=1S/C17H9FN2O4S/c18-12-4-8(1-2-13(12)21)11-7-19-6-9-3-10(24-15(9)11)5-14-16(22)20-17(23)25-14/h1-7,21H,(H,20,22,23). The molecule has 3 aromatic rings. The molecule has 0 atom stereocenters. The zero-order chi connectivity index (χ0) is 17.6. The maximum Gasteiger partial charge on any atom is 0.290 e. The Kier molecular flexibility index (Phi) is 3.54. The number of phenols is 1. The first-order valence-electron chi connectivity index (χ1n) is 7.12. The van der Waals surface area contributed by atoms with E-state index in [0.717, 1.165) is 11.8 Å². The third-order valence-electron chi connectivity index (χ3n) is 3.62. The lowest BCUT2D eigenvalue weighted by Crippen LogP contribution is -2.17. The van der Waals surface area contributed by atoms with E-state index >= 15 is 0 Å². The van der Waals surface area contributed by atoms with E-state index in [4.69, 9.17) is 4.42 Å². The summed E-state index contributed by atoms with van der Waals surface area (Å²) in [5, 5.41) is 11.7. The highest BCUT2D eigenvalue weighted by Crippen LogP contribution is 2.33. The molecule has 2 amide bonds. The molecule has 1 aliphatic rings. The number of phenolic OH excluding ortho intramolecular Hbond substituents is 1. The lowest BCUT2D eigenvalue weighted by molar-refractivity contribution is -0.115. The molecule has 124 valence electrons. The topological polar surface area (TPSA) is 92.4 Å². The van der Waals surface area contributed by atoms with E-state index in [1.807, 2.05) is 0 Å². The first-order valence-corrected chi connectivity index (χ1v) is 7.94. The van der Waals surface area contributed by atoms with Gasteiger partial charge in [0.2, 0.25) is 0 Å². The van der Waals surface area contributed by atoms with Crippen LogP contribution in [0.15, 0.2) is 46.0 Å². The van der Waals surface area contributed by atoms with Crippen LogP contribution in [0.25, 0.3) is 28.2 Å². The Labute approximate surface area is 144 Å². The first kappa shape index (κ1) is 15.4. The van der Waals surface area contributed by atoms with Crippen molar-refractivity contribution in [3.63, 3.8) is 0 Å². The minimum atomic E-state index is -0.749. The van der Waals surface area contributed by atoms with Gasteiger partial charge in [-0.05, 0) is 35.5 Å². The number of hydrogen-bond acceptors (Lipinski definition) is 6. The van der Waals surface area contributed by atoms with Crippen molar-refractivity contribution >= 4 is 40.0 Å². The Balaban J connectivity index is 1.81. The number of aromatic nitrogens is 1. The summed E-state index contributed by atoms with van der Waals surface area (Å²) in [7, 11) is 0. The minimum absolute atomic E-state index is 0.231. The zero-order valence-corrected chi connectivity index (χ0v) is 13.3. The number of hydrogen-bond donors (Lipinski definition) is 2. The maximum atomic E-state index is 13.6. The van der Waals surface area contributed by atoms with Gasteiger partial charge in [0, 0.05) is 29.4 Å². The van der Waals surface area contributed by atoms with Crippen LogP contribution < -0.4 is 5.32 Å². The molecule has 0 radical (unpaired) electrons. The molecule has 2 aromatic heterocycles. The molecule has 1 aliphatic heterocycles. The fourth-order valence-electron chi connectivity index (χ4n) is 2.48. The molecular weight excluding hydrogens is 347 g/mol. The van der Waals surface area contributed by atoms with Crippen molar-refractivity contribution in [2.75, 3.05) is 0 Å². The van der Waals surface area contributed by atoms with E-state index in [1.165, 1.54) is 24.4 Å². The maximum absolute atomic E-state index is 13.6. The monoisotopic (exact) mass is 356 g/mol. The quantitative estimate of drug-likeness (QED) is 0.681. The number of rotatable bonds is 2. The van der Waals surface area contributed by atoms with Gasteiger partial charge < -0.3 is 9.52 Å². The number of aromatic hydroxyl groups is 1. The van der Waals surface area contributed by atoms with Crippen LogP contribution in [0.2, 0.25) is 0 Å². The molecule has 0 unspecified atom stereocenters. The van der Waals surface area contributed by atoms with Crippen LogP contribution >= 0.6 is 11.8 Å². The predicted molar refractivity (Wildman–Crippen MR) is 90.2 cm³/mol. The molecule has 2 N–H and O–H groups in total. The molecule has 1 aromatic carbocycles. The van der Waals surface area contributed by atoms with Crippen molar-refractivity contribution < 1.29 is 23.5 Å². The Morgan fingerprint density at radius 3 is 2.80 bits per heavy atom. The number of thioether (sulfide) groups is 1. The molecule has 8 heteroatoms. The van der Waals surface area contributed by atoms with E-state index in [2.05, 4.69) is 10.3 Å². The molecule has 0 saturated carbocycles. The average Bonchev–Trinajstić information content (AvgIpc) is 3.12. The van der Waals surface area contributed by atoms with Crippen molar-refractivity contribution in [3.05, 3.63) is 53.1 Å². The predicted octanol–water partition coefficient (Wildman–Crippen LogP) is 3.66. The Morgan fingerprint density at radius 1 is 1.24 bits per heavy atom. The number of imide groups is 1. The van der Waals surface area contributed by atoms with Crippen LogP contribution in [-0.2, 0) is 4.79 Å². The van der Waals surface area contributed by atoms with Gasteiger partial charge >= 0.3 is 0 Å². The van der Waals surface area contributed by atoms with Crippen molar-refractivity contribution in [1.82, 2.24) is 10.3 Å². The van der Waals surface area contributed by atoms with Crippen molar-refractivity contribution in [2.24, 2.45) is 0 Å². The van der Waals surface area contributed by atoms with Crippen molar-refractivity contribution in [1.29, 1.82) is 0 Å². The highest BCUT2D eigenvalue weighted by Gasteiger charge is 2.25. The number of nitrogens with zero attached hydrogens (tertiary/aromatic N) is 1. The fourth-order valence-corrected chi connectivity index (χ4v) is 3.15. The number of carbonyl (C=O) groups excluding carboxylic acids is 2. The van der Waals surface area contributed by atoms with Crippen LogP contribution in [0.4, 0.5) is 9.18 Å². The average molecular weight is 356 g/mol. The number of fused-ring (bicyclic) bond motifs is 1. The zero-order valence-electron chi connectivity index (χ0n) is 12.4. The van der Waals surface area contributed by atoms with Gasteiger partial charge in [-0.15, -0.1) is 0 Å². The second-order valence-corrected chi connectivity index (χ2v) is 6.29. The van der Waals surface area contributed by atoms with Gasteiger partial charge in [-0.1, -0.05) is 6.07 Å². The molecule has 6 nitrogen and oxygen atoms in total. The number of halogens is 1. The second-order valence-electron chi connectivity index (χ2n) is 5.27. The van der Waals surface area contributed by atoms with Gasteiger partial charge in [0.25, 0.3) is 11.1 Å². The van der Waals surface area contributed by atoms with Gasteiger partial charge in [-0.3, -0.25) is 19.9 Å². The summed E-state index contributed by atoms with van der Waals surface area (Å²) in [6, 6.07) is 5.66. The third-order valence-corrected chi connectivity index (χ3v) is 4.43. The third kappa shape index (κ3) is 2.76. The largest absolute Gasteiger partial charge is 0.505 e. The summed E-state index contributed by atoms with van der Waals surface area (Å²) in [6.07, 6.45) is 4.56. The Bertz CT molecular complexity index is 1070. The van der Waals surface area contributed by atoms with Crippen LogP contribution in [0.3, 0.4) is 0 Å². The molecule has 1 fully saturated rings. The van der Waals surface area contributed by atoms with E-state index in [1.54, 1.807) is 18.3 Å². The van der Waals surface area contributed by atoms with Gasteiger partial charge in [-0.2, -0.15) is 0 Å². The van der Waals surface area contributed by atoms with Crippen LogP contribution in [-0.4, -0.2) is 21.2 Å². The fraction of sp³-hybridized carbons (Fsp3) is 0. The van der Waals surface area contributed by atoms with Crippen molar-refractivity contribution in [3.8, 4) is 16.9 Å². The van der Waals surface area contributed by atoms with Gasteiger partial charge in [0.1, 0.15) is 11.3 Å². The Hall–Kier alpha value is -3.13. The summed E-state index contributed by atoms with van der Waals surface area (Å²) in [5.74, 6) is -1.30. The van der Waals surface area contributed by atoms with E-state index < -0.39 is 22.7 Å². The molecule has 1 saturated heterocycles. The number of furan rings is 1. The molecule has 25 heavy (non-hydrogen) atoms. The van der Waals surface area contributed by atoms with Gasteiger partial charge in [-0.25, -0.2) is 4.39 Å². The molecular formula is C17H9FN2O4S. The van der Waals surface area contributed by atoms with E-state index in [0.29, 0.717) is 27.9 Å². The van der Waals surface area contributed by atoms with E-state index in [-0.39, 0.29) is 4.91 Å². The smallest absolute Gasteiger partial charge is 0.290 e. The number of nitrogens with one attached hydrogen (secondary N) is 1. The Morgan fingerprint density at radius 2 is 2.08 bits per heavy atom. The van der Waals surface area contributed by atoms with E-state index in [9.17, 15) is 19.1 Å². The summed E-state index contributed by atoms with van der Waals surface area (Å²) in [4.78, 5) is 27.2.